The highest BCUT2D eigenvalue weighted by molar-refractivity contribution is 7.11. The Labute approximate surface area is 167 Å². The fourth-order valence-electron chi connectivity index (χ4n) is 2.84. The molecule has 2 aromatic rings. The number of hydrogen-bond donors (Lipinski definition) is 2. The van der Waals surface area contributed by atoms with Crippen molar-refractivity contribution < 1.29 is 24.2 Å². The van der Waals surface area contributed by atoms with E-state index in [0.29, 0.717) is 42.6 Å². The second kappa shape index (κ2) is 9.41. The summed E-state index contributed by atoms with van der Waals surface area (Å²) in [5.41, 5.74) is 1.60. The molecule has 1 fully saturated rings. The Morgan fingerprint density at radius 1 is 1.29 bits per heavy atom. The zero-order chi connectivity index (χ0) is 19.9. The van der Waals surface area contributed by atoms with Gasteiger partial charge in [0.25, 0.3) is 5.19 Å². The minimum atomic E-state index is -0.898. The zero-order valence-corrected chi connectivity index (χ0v) is 16.4. The van der Waals surface area contributed by atoms with E-state index in [9.17, 15) is 9.59 Å². The van der Waals surface area contributed by atoms with Gasteiger partial charge in [0.05, 0.1) is 12.3 Å². The number of aromatic nitrogens is 1. The van der Waals surface area contributed by atoms with E-state index in [0.717, 1.165) is 12.1 Å². The van der Waals surface area contributed by atoms with Crippen LogP contribution < -0.4 is 10.1 Å². The third kappa shape index (κ3) is 5.59. The summed E-state index contributed by atoms with van der Waals surface area (Å²) in [6, 6.07) is 6.97. The predicted octanol–water partition coefficient (Wildman–Crippen LogP) is 4.44. The molecule has 28 heavy (non-hydrogen) atoms. The first kappa shape index (κ1) is 19.9. The SMILES string of the molecule is CCc1csc(Oc2ccc(NC(=O)OCC3CCN(C(=O)O)CC3)cc2)n1. The number of hydrogen-bond acceptors (Lipinski definition) is 6. The van der Waals surface area contributed by atoms with Gasteiger partial charge in [0, 0.05) is 24.2 Å². The van der Waals surface area contributed by atoms with Crippen molar-refractivity contribution in [1.29, 1.82) is 0 Å². The number of aryl methyl sites for hydroxylation is 1. The van der Waals surface area contributed by atoms with E-state index in [-0.39, 0.29) is 12.5 Å². The first-order valence-corrected chi connectivity index (χ1v) is 10.1. The van der Waals surface area contributed by atoms with E-state index in [1.54, 1.807) is 24.3 Å². The number of carboxylic acid groups (broad SMARTS) is 1. The van der Waals surface area contributed by atoms with Gasteiger partial charge in [-0.15, -0.1) is 0 Å². The molecule has 0 spiro atoms. The highest BCUT2D eigenvalue weighted by Gasteiger charge is 2.23. The molecule has 0 aliphatic carbocycles. The van der Waals surface area contributed by atoms with Gasteiger partial charge in [0.1, 0.15) is 5.75 Å². The highest BCUT2D eigenvalue weighted by Crippen LogP contribution is 2.26. The number of carbonyl (C=O) groups excluding carboxylic acids is 1. The van der Waals surface area contributed by atoms with Crippen molar-refractivity contribution in [1.82, 2.24) is 9.88 Å². The largest absolute Gasteiger partial charge is 0.465 e. The number of piperidine rings is 1. The van der Waals surface area contributed by atoms with Gasteiger partial charge >= 0.3 is 12.2 Å². The molecule has 8 nitrogen and oxygen atoms in total. The molecular weight excluding hydrogens is 382 g/mol. The number of nitrogens with one attached hydrogen (secondary N) is 1. The van der Waals surface area contributed by atoms with Crippen LogP contribution >= 0.6 is 11.3 Å². The molecule has 2 N–H and O–H groups in total. The van der Waals surface area contributed by atoms with E-state index >= 15 is 0 Å². The number of benzene rings is 1. The average Bonchev–Trinajstić information content (AvgIpc) is 3.16. The molecule has 2 heterocycles. The van der Waals surface area contributed by atoms with Gasteiger partial charge < -0.3 is 19.5 Å². The number of thiazole rings is 1. The van der Waals surface area contributed by atoms with Crippen molar-refractivity contribution in [3.05, 3.63) is 35.3 Å². The van der Waals surface area contributed by atoms with E-state index in [1.807, 2.05) is 12.3 Å². The molecule has 1 aromatic carbocycles. The summed E-state index contributed by atoms with van der Waals surface area (Å²) in [5, 5.41) is 14.2. The Morgan fingerprint density at radius 3 is 2.61 bits per heavy atom. The number of carbonyl (C=O) groups is 2. The monoisotopic (exact) mass is 405 g/mol. The molecule has 3 rings (SSSR count). The van der Waals surface area contributed by atoms with E-state index < -0.39 is 12.2 Å². The standard InChI is InChI=1S/C19H23N3O5S/c1-2-14-12-28-18(21-14)27-16-5-3-15(4-6-16)20-17(23)26-11-13-7-9-22(10-8-13)19(24)25/h3-6,12-13H,2,7-11H2,1H3,(H,20,23)(H,24,25). The maximum atomic E-state index is 12.0. The second-order valence-corrected chi connectivity index (χ2v) is 7.34. The smallest absolute Gasteiger partial charge is 0.411 e. The quantitative estimate of drug-likeness (QED) is 0.737. The molecule has 1 aliphatic heterocycles. The molecule has 0 atom stereocenters. The molecule has 1 saturated heterocycles. The highest BCUT2D eigenvalue weighted by atomic mass is 32.1. The summed E-state index contributed by atoms with van der Waals surface area (Å²) in [4.78, 5) is 28.6. The van der Waals surface area contributed by atoms with Gasteiger partial charge in [-0.2, -0.15) is 0 Å². The Hall–Kier alpha value is -2.81. The lowest BCUT2D eigenvalue weighted by molar-refractivity contribution is 0.0948. The Morgan fingerprint density at radius 2 is 2.00 bits per heavy atom. The molecular formula is C19H23N3O5S. The van der Waals surface area contributed by atoms with Crippen LogP contribution in [0.25, 0.3) is 0 Å². The minimum Gasteiger partial charge on any atom is -0.465 e. The number of likely N-dealkylation sites (tertiary alicyclic amines) is 1. The van der Waals surface area contributed by atoms with Gasteiger partial charge in [-0.1, -0.05) is 18.3 Å². The van der Waals surface area contributed by atoms with Crippen LogP contribution in [0.4, 0.5) is 15.3 Å². The van der Waals surface area contributed by atoms with Crippen LogP contribution in [0.15, 0.2) is 29.6 Å². The molecule has 0 bridgehead atoms. The molecule has 0 saturated carbocycles. The van der Waals surface area contributed by atoms with Crippen molar-refractivity contribution in [3.8, 4) is 10.9 Å². The van der Waals surface area contributed by atoms with Crippen LogP contribution in [0.1, 0.15) is 25.5 Å². The van der Waals surface area contributed by atoms with Crippen molar-refractivity contribution in [2.75, 3.05) is 25.0 Å². The van der Waals surface area contributed by atoms with Crippen LogP contribution in [0.5, 0.6) is 10.9 Å². The Balaban J connectivity index is 1.41. The molecule has 9 heteroatoms. The first-order valence-electron chi connectivity index (χ1n) is 9.17. The third-order valence-corrected chi connectivity index (χ3v) is 5.30. The molecule has 0 radical (unpaired) electrons. The second-order valence-electron chi connectivity index (χ2n) is 6.52. The third-order valence-electron chi connectivity index (χ3n) is 4.53. The zero-order valence-electron chi connectivity index (χ0n) is 15.6. The van der Waals surface area contributed by atoms with Crippen LogP contribution in [0, 0.1) is 5.92 Å². The normalized spacial score (nSPS) is 14.5. The molecule has 1 aliphatic rings. The van der Waals surface area contributed by atoms with Crippen molar-refractivity contribution in [3.63, 3.8) is 0 Å². The van der Waals surface area contributed by atoms with Crippen molar-refractivity contribution >= 4 is 29.2 Å². The maximum Gasteiger partial charge on any atom is 0.411 e. The predicted molar refractivity (Wildman–Crippen MR) is 105 cm³/mol. The lowest BCUT2D eigenvalue weighted by atomic mass is 9.98. The summed E-state index contributed by atoms with van der Waals surface area (Å²) in [6.45, 7) is 3.28. The number of anilines is 1. The molecule has 150 valence electrons. The number of amides is 2. The van der Waals surface area contributed by atoms with Crippen LogP contribution in [-0.2, 0) is 11.2 Å². The fourth-order valence-corrected chi connectivity index (χ4v) is 3.61. The molecule has 0 unspecified atom stereocenters. The maximum absolute atomic E-state index is 12.0. The number of rotatable bonds is 6. The molecule has 1 aromatic heterocycles. The van der Waals surface area contributed by atoms with Gasteiger partial charge in [0.2, 0.25) is 0 Å². The van der Waals surface area contributed by atoms with Gasteiger partial charge in [-0.25, -0.2) is 14.6 Å². The Bertz CT molecular complexity index is 800. The van der Waals surface area contributed by atoms with Gasteiger partial charge in [0.15, 0.2) is 0 Å². The van der Waals surface area contributed by atoms with Crippen LogP contribution in [0.2, 0.25) is 0 Å². The van der Waals surface area contributed by atoms with Crippen LogP contribution in [0.3, 0.4) is 0 Å². The van der Waals surface area contributed by atoms with Gasteiger partial charge in [-0.05, 0) is 49.4 Å². The summed E-state index contributed by atoms with van der Waals surface area (Å²) in [6.07, 6.45) is 0.834. The Kier molecular flexibility index (Phi) is 6.70. The fraction of sp³-hybridized carbons (Fsp3) is 0.421. The summed E-state index contributed by atoms with van der Waals surface area (Å²) >= 11 is 1.45. The number of nitrogens with zero attached hydrogens (tertiary/aromatic N) is 2. The topological polar surface area (TPSA) is 101 Å². The summed E-state index contributed by atoms with van der Waals surface area (Å²) < 4.78 is 11.0. The summed E-state index contributed by atoms with van der Waals surface area (Å²) in [5.74, 6) is 0.824. The summed E-state index contributed by atoms with van der Waals surface area (Å²) in [7, 11) is 0. The first-order chi connectivity index (χ1) is 13.5. The lowest BCUT2D eigenvalue weighted by Gasteiger charge is -2.29. The van der Waals surface area contributed by atoms with Crippen LogP contribution in [-0.4, -0.2) is 46.9 Å². The minimum absolute atomic E-state index is 0.184. The van der Waals surface area contributed by atoms with Crippen molar-refractivity contribution in [2.45, 2.75) is 26.2 Å². The lowest BCUT2D eigenvalue weighted by Crippen LogP contribution is -2.38. The van der Waals surface area contributed by atoms with E-state index in [2.05, 4.69) is 10.3 Å². The molecule has 2 amide bonds. The van der Waals surface area contributed by atoms with Gasteiger partial charge in [-0.3, -0.25) is 5.32 Å². The average molecular weight is 405 g/mol. The van der Waals surface area contributed by atoms with Crippen molar-refractivity contribution in [2.24, 2.45) is 5.92 Å². The van der Waals surface area contributed by atoms with E-state index in [4.69, 9.17) is 14.6 Å². The number of ether oxygens (including phenoxy) is 2. The van der Waals surface area contributed by atoms with E-state index in [1.165, 1.54) is 16.2 Å².